The summed E-state index contributed by atoms with van der Waals surface area (Å²) in [6.07, 6.45) is 3.34. The molecule has 0 aliphatic heterocycles. The van der Waals surface area contributed by atoms with E-state index in [1.165, 1.54) is 6.42 Å². The minimum Gasteiger partial charge on any atom is -0.481 e. The summed E-state index contributed by atoms with van der Waals surface area (Å²) in [6, 6.07) is -0.0409. The Morgan fingerprint density at radius 1 is 1.29 bits per heavy atom. The molecule has 17 heavy (non-hydrogen) atoms. The Bertz CT molecular complexity index is 281. The SMILES string of the molecule is CC1CCCC(NC(=O)NCCC(=O)O)C1C. The second-order valence-corrected chi connectivity index (χ2v) is 4.92. The first-order chi connectivity index (χ1) is 8.00. The van der Waals surface area contributed by atoms with Crippen LogP contribution in [0.25, 0.3) is 0 Å². The maximum Gasteiger partial charge on any atom is 0.315 e. The van der Waals surface area contributed by atoms with Crippen LogP contribution in [-0.2, 0) is 4.79 Å². The van der Waals surface area contributed by atoms with Crippen LogP contribution in [0.1, 0.15) is 39.5 Å². The summed E-state index contributed by atoms with van der Waals surface area (Å²) in [7, 11) is 0. The van der Waals surface area contributed by atoms with Gasteiger partial charge in [0.05, 0.1) is 6.42 Å². The van der Waals surface area contributed by atoms with Crippen LogP contribution >= 0.6 is 0 Å². The molecule has 0 bridgehead atoms. The number of amides is 2. The van der Waals surface area contributed by atoms with Gasteiger partial charge in [-0.1, -0.05) is 26.7 Å². The van der Waals surface area contributed by atoms with Crippen molar-refractivity contribution < 1.29 is 14.7 Å². The Balaban J connectivity index is 2.27. The van der Waals surface area contributed by atoms with Gasteiger partial charge in [-0.05, 0) is 18.3 Å². The Morgan fingerprint density at radius 2 is 2.00 bits per heavy atom. The highest BCUT2D eigenvalue weighted by Crippen LogP contribution is 2.29. The van der Waals surface area contributed by atoms with Crippen LogP contribution in [-0.4, -0.2) is 29.7 Å². The standard InChI is InChI=1S/C12H22N2O3/c1-8-4-3-5-10(9(8)2)14-12(17)13-7-6-11(15)16/h8-10H,3-7H2,1-2H3,(H,15,16)(H2,13,14,17). The lowest BCUT2D eigenvalue weighted by Gasteiger charge is -2.34. The van der Waals surface area contributed by atoms with Gasteiger partial charge in [-0.3, -0.25) is 4.79 Å². The molecule has 1 aliphatic carbocycles. The topological polar surface area (TPSA) is 78.4 Å². The van der Waals surface area contributed by atoms with Crippen LogP contribution in [0.2, 0.25) is 0 Å². The van der Waals surface area contributed by atoms with Gasteiger partial charge in [-0.2, -0.15) is 0 Å². The molecule has 0 saturated heterocycles. The predicted molar refractivity (Wildman–Crippen MR) is 64.8 cm³/mol. The van der Waals surface area contributed by atoms with Crippen LogP contribution in [0.5, 0.6) is 0 Å². The van der Waals surface area contributed by atoms with E-state index < -0.39 is 5.97 Å². The summed E-state index contributed by atoms with van der Waals surface area (Å²) in [5, 5.41) is 13.9. The zero-order valence-corrected chi connectivity index (χ0v) is 10.5. The molecule has 0 radical (unpaired) electrons. The summed E-state index contributed by atoms with van der Waals surface area (Å²) in [5.41, 5.74) is 0. The van der Waals surface area contributed by atoms with Crippen molar-refractivity contribution in [2.45, 2.75) is 45.6 Å². The second-order valence-electron chi connectivity index (χ2n) is 4.92. The summed E-state index contributed by atoms with van der Waals surface area (Å²) < 4.78 is 0. The number of carbonyl (C=O) groups is 2. The molecule has 3 atom stereocenters. The van der Waals surface area contributed by atoms with Crippen molar-refractivity contribution in [2.75, 3.05) is 6.54 Å². The van der Waals surface area contributed by atoms with Crippen molar-refractivity contribution in [1.29, 1.82) is 0 Å². The molecule has 1 aliphatic rings. The van der Waals surface area contributed by atoms with Crippen LogP contribution < -0.4 is 10.6 Å². The molecule has 2 amide bonds. The van der Waals surface area contributed by atoms with Crippen LogP contribution in [0, 0.1) is 11.8 Å². The van der Waals surface area contributed by atoms with E-state index >= 15 is 0 Å². The third kappa shape index (κ3) is 4.63. The number of hydrogen-bond acceptors (Lipinski definition) is 2. The van der Waals surface area contributed by atoms with E-state index in [9.17, 15) is 9.59 Å². The number of carboxylic acids is 1. The van der Waals surface area contributed by atoms with Gasteiger partial charge < -0.3 is 15.7 Å². The van der Waals surface area contributed by atoms with Crippen molar-refractivity contribution in [2.24, 2.45) is 11.8 Å². The highest BCUT2D eigenvalue weighted by Gasteiger charge is 2.27. The molecule has 1 fully saturated rings. The molecule has 0 aromatic carbocycles. The van der Waals surface area contributed by atoms with Gasteiger partial charge in [-0.15, -0.1) is 0 Å². The number of hydrogen-bond donors (Lipinski definition) is 3. The van der Waals surface area contributed by atoms with Crippen molar-refractivity contribution in [1.82, 2.24) is 10.6 Å². The summed E-state index contributed by atoms with van der Waals surface area (Å²) >= 11 is 0. The summed E-state index contributed by atoms with van der Waals surface area (Å²) in [5.74, 6) is 0.215. The largest absolute Gasteiger partial charge is 0.481 e. The average molecular weight is 242 g/mol. The Morgan fingerprint density at radius 3 is 2.65 bits per heavy atom. The third-order valence-corrected chi connectivity index (χ3v) is 3.65. The molecule has 0 spiro atoms. The number of rotatable bonds is 4. The minimum atomic E-state index is -0.898. The fourth-order valence-electron chi connectivity index (χ4n) is 2.29. The first-order valence-electron chi connectivity index (χ1n) is 6.27. The fraction of sp³-hybridized carbons (Fsp3) is 0.833. The molecule has 1 saturated carbocycles. The van der Waals surface area contributed by atoms with E-state index in [1.807, 2.05) is 0 Å². The van der Waals surface area contributed by atoms with Crippen LogP contribution in [0.3, 0.4) is 0 Å². The zero-order chi connectivity index (χ0) is 12.8. The molecular formula is C12H22N2O3. The Labute approximate surface area is 102 Å². The van der Waals surface area contributed by atoms with Gasteiger partial charge in [0.25, 0.3) is 0 Å². The van der Waals surface area contributed by atoms with Crippen molar-refractivity contribution in [3.63, 3.8) is 0 Å². The van der Waals surface area contributed by atoms with Gasteiger partial charge in [0.15, 0.2) is 0 Å². The first kappa shape index (κ1) is 13.8. The van der Waals surface area contributed by atoms with Gasteiger partial charge in [-0.25, -0.2) is 4.79 Å². The lowest BCUT2D eigenvalue weighted by atomic mass is 9.78. The molecule has 1 rings (SSSR count). The maximum atomic E-state index is 11.5. The molecule has 3 N–H and O–H groups in total. The zero-order valence-electron chi connectivity index (χ0n) is 10.5. The fourth-order valence-corrected chi connectivity index (χ4v) is 2.29. The predicted octanol–water partition coefficient (Wildman–Crippen LogP) is 1.58. The lowest BCUT2D eigenvalue weighted by molar-refractivity contribution is -0.136. The highest BCUT2D eigenvalue weighted by atomic mass is 16.4. The van der Waals surface area contributed by atoms with Crippen LogP contribution in [0.4, 0.5) is 4.79 Å². The molecule has 0 heterocycles. The first-order valence-corrected chi connectivity index (χ1v) is 6.27. The summed E-state index contributed by atoms with van der Waals surface area (Å²) in [6.45, 7) is 4.55. The highest BCUT2D eigenvalue weighted by molar-refractivity contribution is 5.75. The molecule has 5 nitrogen and oxygen atoms in total. The molecule has 0 aromatic rings. The third-order valence-electron chi connectivity index (χ3n) is 3.65. The Hall–Kier alpha value is -1.26. The smallest absolute Gasteiger partial charge is 0.315 e. The molecule has 0 aromatic heterocycles. The molecular weight excluding hydrogens is 220 g/mol. The van der Waals surface area contributed by atoms with Gasteiger partial charge in [0, 0.05) is 12.6 Å². The minimum absolute atomic E-state index is 0.0377. The van der Waals surface area contributed by atoms with Gasteiger partial charge in [0.2, 0.25) is 0 Å². The van der Waals surface area contributed by atoms with Gasteiger partial charge >= 0.3 is 12.0 Å². The molecule has 98 valence electrons. The van der Waals surface area contributed by atoms with E-state index in [1.54, 1.807) is 0 Å². The monoisotopic (exact) mass is 242 g/mol. The van der Waals surface area contributed by atoms with E-state index in [0.29, 0.717) is 11.8 Å². The number of urea groups is 1. The summed E-state index contributed by atoms with van der Waals surface area (Å²) in [4.78, 5) is 21.8. The molecule has 5 heteroatoms. The van der Waals surface area contributed by atoms with Crippen LogP contribution in [0.15, 0.2) is 0 Å². The van der Waals surface area contributed by atoms with E-state index in [4.69, 9.17) is 5.11 Å². The van der Waals surface area contributed by atoms with Gasteiger partial charge in [0.1, 0.15) is 0 Å². The average Bonchev–Trinajstić information content (AvgIpc) is 2.24. The number of carboxylic acid groups (broad SMARTS) is 1. The lowest BCUT2D eigenvalue weighted by Crippen LogP contribution is -2.48. The Kier molecular flexibility index (Phi) is 5.25. The van der Waals surface area contributed by atoms with E-state index in [0.717, 1.165) is 12.8 Å². The maximum absolute atomic E-state index is 11.5. The van der Waals surface area contributed by atoms with E-state index in [-0.39, 0.29) is 25.0 Å². The number of nitrogens with one attached hydrogen (secondary N) is 2. The number of aliphatic carboxylic acids is 1. The second kappa shape index (κ2) is 6.47. The van der Waals surface area contributed by atoms with Crippen molar-refractivity contribution >= 4 is 12.0 Å². The van der Waals surface area contributed by atoms with E-state index in [2.05, 4.69) is 24.5 Å². The van der Waals surface area contributed by atoms with Crippen molar-refractivity contribution in [3.05, 3.63) is 0 Å². The van der Waals surface area contributed by atoms with Crippen molar-refractivity contribution in [3.8, 4) is 0 Å². The normalized spacial score (nSPS) is 28.5. The molecule has 3 unspecified atom stereocenters. The number of carbonyl (C=O) groups excluding carboxylic acids is 1. The quantitative estimate of drug-likeness (QED) is 0.700.